The van der Waals surface area contributed by atoms with Crippen molar-refractivity contribution in [3.8, 4) is 28.0 Å². The number of hydrogen-bond donors (Lipinski definition) is 0. The first-order chi connectivity index (χ1) is 29.8. The van der Waals surface area contributed by atoms with E-state index < -0.39 is 0 Å². The number of aliphatic imine (C=N–C) groups is 2. The molecule has 1 radical (unpaired) electrons. The van der Waals surface area contributed by atoms with E-state index in [2.05, 4.69) is 135 Å². The molecule has 0 aliphatic carbocycles. The molecule has 5 heteroatoms. The second-order valence-electron chi connectivity index (χ2n) is 17.5. The van der Waals surface area contributed by atoms with Gasteiger partial charge in [0.05, 0.1) is 12.3 Å². The molecule has 4 aromatic carbocycles. The van der Waals surface area contributed by atoms with Gasteiger partial charge in [0.15, 0.2) is 0 Å². The Labute approximate surface area is 387 Å². The summed E-state index contributed by atoms with van der Waals surface area (Å²) in [5.41, 5.74) is 9.75. The largest absolute Gasteiger partial charge is 0.492 e. The maximum Gasteiger partial charge on any atom is 0.135 e. The van der Waals surface area contributed by atoms with Crippen molar-refractivity contribution < 1.29 is 21.5 Å². The van der Waals surface area contributed by atoms with Crippen molar-refractivity contribution in [1.82, 2.24) is 4.98 Å². The van der Waals surface area contributed by atoms with E-state index in [1.165, 1.54) is 115 Å². The number of unbranched alkanes of at least 4 members (excludes halogenated alkanes) is 17. The number of nitrogens with zero attached hydrogens (tertiary/aromatic N) is 3. The average Bonchev–Trinajstić information content (AvgIpc) is 3.28. The third-order valence-electron chi connectivity index (χ3n) is 11.3. The van der Waals surface area contributed by atoms with E-state index in [1.54, 1.807) is 6.20 Å². The normalized spacial score (nSPS) is 11.5. The summed E-state index contributed by atoms with van der Waals surface area (Å²) < 4.78 is 6.69. The average molecular weight is 878 g/mol. The third-order valence-corrected chi connectivity index (χ3v) is 11.3. The van der Waals surface area contributed by atoms with Crippen molar-refractivity contribution in [2.75, 3.05) is 6.61 Å². The van der Waals surface area contributed by atoms with Gasteiger partial charge < -0.3 is 9.73 Å². The molecule has 0 aliphatic rings. The van der Waals surface area contributed by atoms with Crippen LogP contribution in [0, 0.1) is 0 Å². The van der Waals surface area contributed by atoms with Crippen LogP contribution in [-0.4, -0.2) is 23.5 Å². The fourth-order valence-corrected chi connectivity index (χ4v) is 7.84. The Hall–Kier alpha value is -4.32. The number of ether oxygens (including phenoxy) is 1. The maximum absolute atomic E-state index is 6.69. The van der Waals surface area contributed by atoms with Gasteiger partial charge in [0.25, 0.3) is 0 Å². The maximum atomic E-state index is 6.69. The van der Waals surface area contributed by atoms with E-state index in [1.807, 2.05) is 38.2 Å². The van der Waals surface area contributed by atoms with Gasteiger partial charge >= 0.3 is 0 Å². The first-order valence-corrected chi connectivity index (χ1v) is 23.7. The molecule has 62 heavy (non-hydrogen) atoms. The fraction of sp³-hybridized carbons (Fsp3) is 0.456. The second-order valence-corrected chi connectivity index (χ2v) is 17.5. The van der Waals surface area contributed by atoms with E-state index in [-0.39, 0.29) is 22.2 Å². The van der Waals surface area contributed by atoms with Crippen LogP contribution in [0.4, 0.5) is 11.4 Å². The van der Waals surface area contributed by atoms with Gasteiger partial charge in [-0.1, -0.05) is 233 Å². The van der Waals surface area contributed by atoms with Crippen LogP contribution >= 0.6 is 0 Å². The summed E-state index contributed by atoms with van der Waals surface area (Å²) in [6, 6.07) is 37.7. The fourth-order valence-electron chi connectivity index (χ4n) is 7.84. The zero-order valence-electron chi connectivity index (χ0n) is 39.1. The molecule has 0 saturated carbocycles. The summed E-state index contributed by atoms with van der Waals surface area (Å²) in [5, 5.41) is 0. The molecule has 335 valence electrons. The molecule has 5 aromatic rings. The Morgan fingerprint density at radius 3 is 1.52 bits per heavy atom. The van der Waals surface area contributed by atoms with Crippen molar-refractivity contribution in [3.63, 3.8) is 0 Å². The standard InChI is InChI=1S/C45H60N2O.C12H16N.Co/c1-3-4-5-6-7-8-9-10-11-12-13-14-15-16-17-18-19-26-34-48-45-43(39-28-22-20-23-29-39)35-42(36-44(45)40-30-24-21-25-31-40)47-38(2)41-32-27-33-46-37-41;1-5-13-11-9-7-6-8-10(11)12(2,3)4;/h20-25,27-33,35-37H,3-19,26,34H2,1-2H3;6-9H,1-4H3;/q;-1;. The summed E-state index contributed by atoms with van der Waals surface area (Å²) in [5.74, 6) is 0.942. The Bertz CT molecular complexity index is 1910. The predicted octanol–water partition coefficient (Wildman–Crippen LogP) is 17.6. The van der Waals surface area contributed by atoms with Gasteiger partial charge in [0.1, 0.15) is 5.75 Å². The quantitative estimate of drug-likeness (QED) is 0.0333. The van der Waals surface area contributed by atoms with E-state index >= 15 is 0 Å². The molecule has 0 bridgehead atoms. The molecule has 0 aliphatic heterocycles. The molecule has 0 saturated heterocycles. The first kappa shape index (κ1) is 52.0. The number of rotatable bonds is 25. The number of aromatic nitrogens is 1. The van der Waals surface area contributed by atoms with Crippen LogP contribution in [0.1, 0.15) is 168 Å². The second kappa shape index (κ2) is 30.7. The van der Waals surface area contributed by atoms with Gasteiger partial charge in [0.2, 0.25) is 0 Å². The monoisotopic (exact) mass is 878 g/mol. The van der Waals surface area contributed by atoms with Gasteiger partial charge in [-0.15, -0.1) is 13.0 Å². The number of benzene rings is 4. The Morgan fingerprint density at radius 2 is 1.06 bits per heavy atom. The molecule has 0 unspecified atom stereocenters. The van der Waals surface area contributed by atoms with Crippen LogP contribution in [0.15, 0.2) is 132 Å². The van der Waals surface area contributed by atoms with E-state index in [0.717, 1.165) is 63.7 Å². The van der Waals surface area contributed by atoms with Crippen molar-refractivity contribution in [1.29, 1.82) is 0 Å². The van der Waals surface area contributed by atoms with Crippen LogP contribution < -0.4 is 4.74 Å². The molecule has 0 N–H and O–H groups in total. The molecule has 0 amide bonds. The smallest absolute Gasteiger partial charge is 0.135 e. The number of pyridine rings is 1. The Kier molecular flexibility index (Phi) is 25.7. The topological polar surface area (TPSA) is 46.8 Å². The van der Waals surface area contributed by atoms with Crippen LogP contribution in [0.5, 0.6) is 5.75 Å². The van der Waals surface area contributed by atoms with Crippen molar-refractivity contribution in [2.24, 2.45) is 9.98 Å². The molecular formula is C57H76CoN3O-. The van der Waals surface area contributed by atoms with Crippen LogP contribution in [0.25, 0.3) is 22.3 Å². The van der Waals surface area contributed by atoms with E-state index in [9.17, 15) is 0 Å². The van der Waals surface area contributed by atoms with Gasteiger partial charge in [0, 0.05) is 51.6 Å². The minimum absolute atomic E-state index is 0. The third kappa shape index (κ3) is 19.4. The summed E-state index contributed by atoms with van der Waals surface area (Å²) in [6.07, 6.45) is 31.3. The molecule has 0 fully saturated rings. The minimum Gasteiger partial charge on any atom is -0.492 e. The summed E-state index contributed by atoms with van der Waals surface area (Å²) in [4.78, 5) is 13.6. The Balaban J connectivity index is 0.000000625. The Morgan fingerprint density at radius 1 is 0.597 bits per heavy atom. The predicted molar refractivity (Wildman–Crippen MR) is 266 cm³/mol. The molecule has 0 spiro atoms. The molecular weight excluding hydrogens is 802 g/mol. The van der Waals surface area contributed by atoms with Crippen LogP contribution in [0.3, 0.4) is 0 Å². The molecule has 1 aromatic heterocycles. The van der Waals surface area contributed by atoms with Crippen LogP contribution in [0.2, 0.25) is 0 Å². The van der Waals surface area contributed by atoms with Crippen molar-refractivity contribution >= 4 is 23.3 Å². The first-order valence-electron chi connectivity index (χ1n) is 23.7. The summed E-state index contributed by atoms with van der Waals surface area (Å²) >= 11 is 0. The van der Waals surface area contributed by atoms with Gasteiger partial charge in [-0.3, -0.25) is 9.98 Å². The summed E-state index contributed by atoms with van der Waals surface area (Å²) in [6.45, 7) is 13.5. The van der Waals surface area contributed by atoms with E-state index in [0.29, 0.717) is 0 Å². The number of hydrogen-bond acceptors (Lipinski definition) is 4. The zero-order chi connectivity index (χ0) is 43.4. The SMILES string of the molecule is CCCCCCCCCCCCCCCCCCCCOc1c(-c2ccccc2)cc(N=C(C)c2cccnc2)cc1-c1ccccc1.C[C-]=Nc1ccccc1C(C)(C)C.[Co]. The zero-order valence-corrected chi connectivity index (χ0v) is 40.1. The minimum atomic E-state index is 0. The molecule has 4 nitrogen and oxygen atoms in total. The summed E-state index contributed by atoms with van der Waals surface area (Å²) in [7, 11) is 0. The molecule has 5 rings (SSSR count). The van der Waals surface area contributed by atoms with Gasteiger partial charge in [-0.05, 0) is 48.1 Å². The molecule has 1 heterocycles. The van der Waals surface area contributed by atoms with E-state index in [4.69, 9.17) is 9.73 Å². The van der Waals surface area contributed by atoms with Gasteiger partial charge in [-0.2, -0.15) is 6.21 Å². The van der Waals surface area contributed by atoms with Crippen LogP contribution in [-0.2, 0) is 22.2 Å². The number of para-hydroxylation sites is 1. The van der Waals surface area contributed by atoms with Crippen molar-refractivity contribution in [2.45, 2.75) is 163 Å². The van der Waals surface area contributed by atoms with Crippen molar-refractivity contribution in [3.05, 3.63) is 133 Å². The molecule has 0 atom stereocenters. The van der Waals surface area contributed by atoms with Gasteiger partial charge in [-0.25, -0.2) is 0 Å².